The second kappa shape index (κ2) is 7.23. The number of amides is 1. The molecule has 0 atom stereocenters. The van der Waals surface area contributed by atoms with Crippen molar-refractivity contribution in [2.75, 3.05) is 10.6 Å². The zero-order valence-electron chi connectivity index (χ0n) is 12.2. The molecule has 2 aromatic carbocycles. The van der Waals surface area contributed by atoms with E-state index in [1.54, 1.807) is 12.1 Å². The number of rotatable bonds is 5. The summed E-state index contributed by atoms with van der Waals surface area (Å²) in [5.74, 6) is -0.802. The Balaban J connectivity index is 2.41. The van der Waals surface area contributed by atoms with Crippen LogP contribution in [0.3, 0.4) is 0 Å². The van der Waals surface area contributed by atoms with Crippen LogP contribution in [0.25, 0.3) is 0 Å². The molecule has 4 nitrogen and oxygen atoms in total. The van der Waals surface area contributed by atoms with Crippen LogP contribution in [0.4, 0.5) is 21.5 Å². The molecule has 0 aliphatic carbocycles. The first-order chi connectivity index (χ1) is 10.7. The van der Waals surface area contributed by atoms with Gasteiger partial charge in [0.2, 0.25) is 5.91 Å². The molecule has 0 aliphatic rings. The van der Waals surface area contributed by atoms with Gasteiger partial charge in [0.05, 0.1) is 11.4 Å². The van der Waals surface area contributed by atoms with Crippen molar-refractivity contribution >= 4 is 23.0 Å². The lowest BCUT2D eigenvalue weighted by Gasteiger charge is -2.15. The second-order valence-electron chi connectivity index (χ2n) is 4.75. The molecule has 0 aromatic heterocycles. The van der Waals surface area contributed by atoms with Crippen molar-refractivity contribution in [3.8, 4) is 6.07 Å². The summed E-state index contributed by atoms with van der Waals surface area (Å²) in [6.07, 6.45) is 1.07. The number of nitriles is 1. The van der Waals surface area contributed by atoms with Crippen LogP contribution < -0.4 is 10.6 Å². The van der Waals surface area contributed by atoms with Crippen LogP contribution in [0.2, 0.25) is 0 Å². The second-order valence-corrected chi connectivity index (χ2v) is 4.75. The molecule has 1 amide bonds. The molecule has 2 rings (SSSR count). The van der Waals surface area contributed by atoms with Crippen LogP contribution in [0.5, 0.6) is 0 Å². The van der Waals surface area contributed by atoms with Crippen LogP contribution in [-0.2, 0) is 4.79 Å². The van der Waals surface area contributed by atoms with Crippen molar-refractivity contribution < 1.29 is 9.18 Å². The highest BCUT2D eigenvalue weighted by atomic mass is 19.1. The topological polar surface area (TPSA) is 64.9 Å². The van der Waals surface area contributed by atoms with Crippen LogP contribution in [0.1, 0.15) is 25.3 Å². The first-order valence-corrected chi connectivity index (χ1v) is 7.00. The molecule has 0 fully saturated rings. The van der Waals surface area contributed by atoms with E-state index in [-0.39, 0.29) is 17.2 Å². The van der Waals surface area contributed by atoms with E-state index in [1.165, 1.54) is 12.1 Å². The standard InChI is InChI=1S/C17H16FN3O/c1-2-6-16(22)21-15-10-9-14(18)13(11-19)17(15)20-12-7-4-3-5-8-12/h3-5,7-10,20H,2,6H2,1H3,(H,21,22). The Morgan fingerprint density at radius 3 is 2.59 bits per heavy atom. The van der Waals surface area contributed by atoms with Crippen LogP contribution in [0, 0.1) is 17.1 Å². The van der Waals surface area contributed by atoms with Gasteiger partial charge < -0.3 is 10.6 Å². The fraction of sp³-hybridized carbons (Fsp3) is 0.176. The molecule has 22 heavy (non-hydrogen) atoms. The molecule has 112 valence electrons. The molecule has 0 saturated heterocycles. The van der Waals surface area contributed by atoms with E-state index in [9.17, 15) is 14.4 Å². The highest BCUT2D eigenvalue weighted by Crippen LogP contribution is 2.31. The summed E-state index contributed by atoms with van der Waals surface area (Å²) in [5, 5.41) is 14.9. The minimum atomic E-state index is -0.630. The SMILES string of the molecule is CCCC(=O)Nc1ccc(F)c(C#N)c1Nc1ccccc1. The van der Waals surface area contributed by atoms with Gasteiger partial charge >= 0.3 is 0 Å². The molecule has 0 radical (unpaired) electrons. The monoisotopic (exact) mass is 297 g/mol. The van der Waals surface area contributed by atoms with Gasteiger partial charge in [-0.3, -0.25) is 4.79 Å². The van der Waals surface area contributed by atoms with Gasteiger partial charge in [-0.2, -0.15) is 5.26 Å². The number of benzene rings is 2. The van der Waals surface area contributed by atoms with Crippen molar-refractivity contribution in [1.29, 1.82) is 5.26 Å². The number of anilines is 3. The van der Waals surface area contributed by atoms with E-state index in [0.717, 1.165) is 0 Å². The van der Waals surface area contributed by atoms with Crippen LogP contribution in [0.15, 0.2) is 42.5 Å². The predicted molar refractivity (Wildman–Crippen MR) is 84.4 cm³/mol. The maximum Gasteiger partial charge on any atom is 0.224 e. The Hall–Kier alpha value is -2.87. The average Bonchev–Trinajstić information content (AvgIpc) is 2.51. The Kier molecular flexibility index (Phi) is 5.10. The molecule has 0 unspecified atom stereocenters. The number of hydrogen-bond donors (Lipinski definition) is 2. The smallest absolute Gasteiger partial charge is 0.224 e. The first kappa shape index (κ1) is 15.5. The first-order valence-electron chi connectivity index (χ1n) is 7.00. The predicted octanol–water partition coefficient (Wildman–Crippen LogP) is 4.18. The van der Waals surface area contributed by atoms with Crippen molar-refractivity contribution in [1.82, 2.24) is 0 Å². The number of halogens is 1. The summed E-state index contributed by atoms with van der Waals surface area (Å²) in [7, 11) is 0. The summed E-state index contributed by atoms with van der Waals surface area (Å²) in [5.41, 5.74) is 1.23. The number of carbonyl (C=O) groups is 1. The Morgan fingerprint density at radius 1 is 1.23 bits per heavy atom. The Labute approximate surface area is 128 Å². The fourth-order valence-corrected chi connectivity index (χ4v) is 2.03. The number of carbonyl (C=O) groups excluding carboxylic acids is 1. The number of nitrogens with zero attached hydrogens (tertiary/aromatic N) is 1. The van der Waals surface area contributed by atoms with Gasteiger partial charge in [0.25, 0.3) is 0 Å². The van der Waals surface area contributed by atoms with Gasteiger partial charge in [0.15, 0.2) is 0 Å². The molecule has 0 bridgehead atoms. The minimum Gasteiger partial charge on any atom is -0.353 e. The Bertz CT molecular complexity index is 708. The highest BCUT2D eigenvalue weighted by molar-refractivity contribution is 5.96. The largest absolute Gasteiger partial charge is 0.353 e. The summed E-state index contributed by atoms with van der Waals surface area (Å²) in [6.45, 7) is 1.90. The number of hydrogen-bond acceptors (Lipinski definition) is 3. The Morgan fingerprint density at radius 2 is 1.95 bits per heavy atom. The molecule has 0 heterocycles. The normalized spacial score (nSPS) is 9.86. The maximum absolute atomic E-state index is 13.8. The summed E-state index contributed by atoms with van der Waals surface area (Å²) >= 11 is 0. The minimum absolute atomic E-state index is 0.127. The zero-order valence-corrected chi connectivity index (χ0v) is 12.2. The molecule has 2 N–H and O–H groups in total. The van der Waals surface area contributed by atoms with Gasteiger partial charge in [-0.15, -0.1) is 0 Å². The van der Waals surface area contributed by atoms with E-state index in [4.69, 9.17) is 0 Å². The third-order valence-electron chi connectivity index (χ3n) is 3.06. The van der Waals surface area contributed by atoms with E-state index in [1.807, 2.05) is 31.2 Å². The van der Waals surface area contributed by atoms with E-state index in [0.29, 0.717) is 24.2 Å². The molecular weight excluding hydrogens is 281 g/mol. The molecular formula is C17H16FN3O. The molecule has 0 saturated carbocycles. The van der Waals surface area contributed by atoms with Gasteiger partial charge in [-0.05, 0) is 30.7 Å². The summed E-state index contributed by atoms with van der Waals surface area (Å²) in [6, 6.07) is 13.6. The lowest BCUT2D eigenvalue weighted by molar-refractivity contribution is -0.116. The maximum atomic E-state index is 13.8. The van der Waals surface area contributed by atoms with Crippen molar-refractivity contribution in [2.24, 2.45) is 0 Å². The summed E-state index contributed by atoms with van der Waals surface area (Å²) < 4.78 is 13.8. The molecule has 0 spiro atoms. The van der Waals surface area contributed by atoms with E-state index in [2.05, 4.69) is 10.6 Å². The van der Waals surface area contributed by atoms with Crippen molar-refractivity contribution in [3.05, 3.63) is 53.8 Å². The number of nitrogens with one attached hydrogen (secondary N) is 2. The van der Waals surface area contributed by atoms with Gasteiger partial charge in [-0.25, -0.2) is 4.39 Å². The zero-order chi connectivity index (χ0) is 15.9. The molecule has 0 aliphatic heterocycles. The van der Waals surface area contributed by atoms with E-state index >= 15 is 0 Å². The molecule has 2 aromatic rings. The number of para-hydroxylation sites is 1. The molecule has 5 heteroatoms. The average molecular weight is 297 g/mol. The van der Waals surface area contributed by atoms with Gasteiger partial charge in [-0.1, -0.05) is 25.1 Å². The van der Waals surface area contributed by atoms with Gasteiger partial charge in [0, 0.05) is 12.1 Å². The third-order valence-corrected chi connectivity index (χ3v) is 3.06. The lowest BCUT2D eigenvalue weighted by Crippen LogP contribution is -2.13. The van der Waals surface area contributed by atoms with E-state index < -0.39 is 5.82 Å². The third kappa shape index (κ3) is 3.61. The van der Waals surface area contributed by atoms with Crippen molar-refractivity contribution in [2.45, 2.75) is 19.8 Å². The van der Waals surface area contributed by atoms with Gasteiger partial charge in [0.1, 0.15) is 17.4 Å². The van der Waals surface area contributed by atoms with Crippen LogP contribution >= 0.6 is 0 Å². The highest BCUT2D eigenvalue weighted by Gasteiger charge is 2.15. The quantitative estimate of drug-likeness (QED) is 0.870. The lowest BCUT2D eigenvalue weighted by atomic mass is 10.1. The van der Waals surface area contributed by atoms with Crippen LogP contribution in [-0.4, -0.2) is 5.91 Å². The summed E-state index contributed by atoms with van der Waals surface area (Å²) in [4.78, 5) is 11.8. The van der Waals surface area contributed by atoms with Crippen molar-refractivity contribution in [3.63, 3.8) is 0 Å². The fourth-order valence-electron chi connectivity index (χ4n) is 2.03.